The standard InChI is InChI=1S/C19H25N3O2/c23-19(21-11-5-2-6-12-21)24-14-9-18-15-20-10-13-22(18)16-17-7-3-1-4-8-17/h1,3-8,11-12,18,20H,2,9-10,13-16H2. The number of carbonyl (C=O) groups excluding carboxylic acids is 1. The average Bonchev–Trinajstić information content (AvgIpc) is 2.64. The summed E-state index contributed by atoms with van der Waals surface area (Å²) in [6.45, 7) is 4.35. The smallest absolute Gasteiger partial charge is 0.417 e. The molecule has 1 aromatic carbocycles. The van der Waals surface area contributed by atoms with Gasteiger partial charge in [0.1, 0.15) is 0 Å². The molecule has 3 rings (SSSR count). The highest BCUT2D eigenvalue weighted by atomic mass is 16.6. The number of nitrogens with zero attached hydrogens (tertiary/aromatic N) is 2. The minimum atomic E-state index is -0.305. The maximum absolute atomic E-state index is 12.0. The molecule has 1 saturated heterocycles. The van der Waals surface area contributed by atoms with Gasteiger partial charge in [-0.2, -0.15) is 0 Å². The van der Waals surface area contributed by atoms with E-state index in [-0.39, 0.29) is 6.09 Å². The van der Waals surface area contributed by atoms with Crippen molar-refractivity contribution in [3.63, 3.8) is 0 Å². The molecule has 128 valence electrons. The zero-order valence-corrected chi connectivity index (χ0v) is 13.9. The van der Waals surface area contributed by atoms with Crippen molar-refractivity contribution in [2.45, 2.75) is 25.4 Å². The molecule has 0 aliphatic carbocycles. The van der Waals surface area contributed by atoms with Crippen LogP contribution in [0.1, 0.15) is 18.4 Å². The first-order valence-corrected chi connectivity index (χ1v) is 8.60. The molecule has 1 fully saturated rings. The number of nitrogens with one attached hydrogen (secondary N) is 1. The summed E-state index contributed by atoms with van der Waals surface area (Å²) >= 11 is 0. The van der Waals surface area contributed by atoms with Crippen LogP contribution in [0.4, 0.5) is 4.79 Å². The summed E-state index contributed by atoms with van der Waals surface area (Å²) in [5.41, 5.74) is 1.32. The van der Waals surface area contributed by atoms with Gasteiger partial charge in [-0.1, -0.05) is 42.5 Å². The third-order valence-electron chi connectivity index (χ3n) is 4.39. The van der Waals surface area contributed by atoms with Gasteiger partial charge in [0.15, 0.2) is 0 Å². The van der Waals surface area contributed by atoms with Crippen LogP contribution in [-0.4, -0.2) is 48.2 Å². The minimum absolute atomic E-state index is 0.305. The number of hydrogen-bond acceptors (Lipinski definition) is 4. The molecule has 1 N–H and O–H groups in total. The lowest BCUT2D eigenvalue weighted by atomic mass is 10.1. The van der Waals surface area contributed by atoms with Crippen LogP contribution in [0.25, 0.3) is 0 Å². The first-order chi connectivity index (χ1) is 11.8. The van der Waals surface area contributed by atoms with Crippen LogP contribution in [-0.2, 0) is 11.3 Å². The molecule has 0 bridgehead atoms. The van der Waals surface area contributed by atoms with Crippen LogP contribution in [0, 0.1) is 0 Å². The molecule has 5 nitrogen and oxygen atoms in total. The summed E-state index contributed by atoms with van der Waals surface area (Å²) in [4.78, 5) is 15.9. The molecule has 5 heteroatoms. The second-order valence-electron chi connectivity index (χ2n) is 6.13. The Hall–Kier alpha value is -2.11. The molecular weight excluding hydrogens is 302 g/mol. The van der Waals surface area contributed by atoms with Crippen LogP contribution < -0.4 is 5.32 Å². The summed E-state index contributed by atoms with van der Waals surface area (Å²) in [6.07, 6.45) is 8.79. The van der Waals surface area contributed by atoms with E-state index < -0.39 is 0 Å². The second-order valence-corrected chi connectivity index (χ2v) is 6.13. The van der Waals surface area contributed by atoms with Crippen molar-refractivity contribution in [1.29, 1.82) is 0 Å². The molecule has 0 saturated carbocycles. The van der Waals surface area contributed by atoms with Gasteiger partial charge in [0.25, 0.3) is 0 Å². The van der Waals surface area contributed by atoms with Crippen molar-refractivity contribution in [2.75, 3.05) is 26.2 Å². The molecule has 1 amide bonds. The topological polar surface area (TPSA) is 44.8 Å². The van der Waals surface area contributed by atoms with E-state index in [2.05, 4.69) is 34.5 Å². The third kappa shape index (κ3) is 4.69. The molecule has 2 aliphatic rings. The Kier molecular flexibility index (Phi) is 6.04. The quantitative estimate of drug-likeness (QED) is 0.903. The van der Waals surface area contributed by atoms with Gasteiger partial charge >= 0.3 is 6.09 Å². The van der Waals surface area contributed by atoms with Crippen molar-refractivity contribution in [2.24, 2.45) is 0 Å². The zero-order valence-electron chi connectivity index (χ0n) is 13.9. The van der Waals surface area contributed by atoms with E-state index in [1.165, 1.54) is 10.5 Å². The van der Waals surface area contributed by atoms with E-state index in [1.54, 1.807) is 12.4 Å². The Morgan fingerprint density at radius 2 is 2.00 bits per heavy atom. The van der Waals surface area contributed by atoms with Gasteiger partial charge in [-0.25, -0.2) is 4.79 Å². The van der Waals surface area contributed by atoms with E-state index in [4.69, 9.17) is 4.74 Å². The van der Waals surface area contributed by atoms with Crippen LogP contribution >= 0.6 is 0 Å². The fourth-order valence-electron chi connectivity index (χ4n) is 3.07. The highest BCUT2D eigenvalue weighted by Gasteiger charge is 2.22. The van der Waals surface area contributed by atoms with Crippen molar-refractivity contribution < 1.29 is 9.53 Å². The number of benzene rings is 1. The molecule has 0 radical (unpaired) electrons. The predicted molar refractivity (Wildman–Crippen MR) is 94.2 cm³/mol. The average molecular weight is 327 g/mol. The van der Waals surface area contributed by atoms with E-state index in [9.17, 15) is 4.79 Å². The number of hydrogen-bond donors (Lipinski definition) is 1. The summed E-state index contributed by atoms with van der Waals surface area (Å²) in [5.74, 6) is 0. The lowest BCUT2D eigenvalue weighted by molar-refractivity contribution is 0.0940. The molecule has 24 heavy (non-hydrogen) atoms. The number of allylic oxidation sites excluding steroid dienone is 2. The largest absolute Gasteiger partial charge is 0.449 e. The van der Waals surface area contributed by atoms with E-state index in [1.807, 2.05) is 18.2 Å². The molecule has 2 heterocycles. The molecular formula is C19H25N3O2. The SMILES string of the molecule is O=C(OCCC1CNCCN1Cc1ccccc1)N1C=CCC=C1. The normalized spacial score (nSPS) is 21.0. The lowest BCUT2D eigenvalue weighted by Gasteiger charge is -2.36. The molecule has 2 aliphatic heterocycles. The van der Waals surface area contributed by atoms with Gasteiger partial charge in [0.2, 0.25) is 0 Å². The maximum atomic E-state index is 12.0. The molecule has 1 unspecified atom stereocenters. The van der Waals surface area contributed by atoms with Gasteiger partial charge in [-0.05, 0) is 18.4 Å². The minimum Gasteiger partial charge on any atom is -0.449 e. The van der Waals surface area contributed by atoms with Crippen molar-refractivity contribution >= 4 is 6.09 Å². The predicted octanol–water partition coefficient (Wildman–Crippen LogP) is 2.72. The third-order valence-corrected chi connectivity index (χ3v) is 4.39. The fraction of sp³-hybridized carbons (Fsp3) is 0.421. The molecule has 0 spiro atoms. The van der Waals surface area contributed by atoms with Crippen LogP contribution in [0.5, 0.6) is 0 Å². The lowest BCUT2D eigenvalue weighted by Crippen LogP contribution is -2.51. The highest BCUT2D eigenvalue weighted by Crippen LogP contribution is 2.13. The van der Waals surface area contributed by atoms with Gasteiger partial charge in [-0.15, -0.1) is 0 Å². The summed E-state index contributed by atoms with van der Waals surface area (Å²) in [6, 6.07) is 10.9. The van der Waals surface area contributed by atoms with Crippen molar-refractivity contribution in [3.05, 3.63) is 60.4 Å². The fourth-order valence-corrected chi connectivity index (χ4v) is 3.07. The Balaban J connectivity index is 1.47. The molecule has 1 atom stereocenters. The zero-order chi connectivity index (χ0) is 16.6. The van der Waals surface area contributed by atoms with Crippen LogP contribution in [0.3, 0.4) is 0 Å². The van der Waals surface area contributed by atoms with Crippen LogP contribution in [0.2, 0.25) is 0 Å². The number of piperazine rings is 1. The maximum Gasteiger partial charge on any atom is 0.417 e. The molecule has 1 aromatic rings. The Morgan fingerprint density at radius 1 is 1.21 bits per heavy atom. The van der Waals surface area contributed by atoms with Crippen molar-refractivity contribution in [1.82, 2.24) is 15.1 Å². The van der Waals surface area contributed by atoms with E-state index >= 15 is 0 Å². The molecule has 0 aromatic heterocycles. The summed E-state index contributed by atoms with van der Waals surface area (Å²) in [5, 5.41) is 3.44. The van der Waals surface area contributed by atoms with E-state index in [0.717, 1.165) is 39.0 Å². The number of ether oxygens (including phenoxy) is 1. The number of amides is 1. The highest BCUT2D eigenvalue weighted by molar-refractivity contribution is 5.70. The second kappa shape index (κ2) is 8.66. The first-order valence-electron chi connectivity index (χ1n) is 8.60. The van der Waals surface area contributed by atoms with Gasteiger partial charge in [0, 0.05) is 44.6 Å². The summed E-state index contributed by atoms with van der Waals surface area (Å²) < 4.78 is 5.41. The monoisotopic (exact) mass is 327 g/mol. The van der Waals surface area contributed by atoms with Gasteiger partial charge < -0.3 is 10.1 Å². The first kappa shape index (κ1) is 16.7. The van der Waals surface area contributed by atoms with Crippen LogP contribution in [0.15, 0.2) is 54.9 Å². The Bertz CT molecular complexity index is 574. The van der Waals surface area contributed by atoms with Gasteiger partial charge in [-0.3, -0.25) is 9.80 Å². The Labute approximate surface area is 143 Å². The van der Waals surface area contributed by atoms with E-state index in [0.29, 0.717) is 12.6 Å². The number of rotatable bonds is 5. The number of carbonyl (C=O) groups is 1. The Morgan fingerprint density at radius 3 is 2.79 bits per heavy atom. The van der Waals surface area contributed by atoms with Crippen molar-refractivity contribution in [3.8, 4) is 0 Å². The summed E-state index contributed by atoms with van der Waals surface area (Å²) in [7, 11) is 0. The van der Waals surface area contributed by atoms with Gasteiger partial charge in [0.05, 0.1) is 6.61 Å².